The molecule has 1 heterocycles. The van der Waals surface area contributed by atoms with Crippen molar-refractivity contribution in [3.8, 4) is 0 Å². The Hall–Kier alpha value is -2.36. The number of rotatable bonds is 5. The molecule has 160 valence electrons. The maximum absolute atomic E-state index is 14.7. The SMILES string of the molecule is CC(CS1(=O)=NCCCCN1)(NC(=S)NC(=O)c1ccccc1)c1ccccc1F. The summed E-state index contributed by atoms with van der Waals surface area (Å²) in [6.45, 7) is 2.76. The molecule has 0 bridgehead atoms. The molecule has 6 nitrogen and oxygen atoms in total. The highest BCUT2D eigenvalue weighted by Gasteiger charge is 2.35. The largest absolute Gasteiger partial charge is 0.352 e. The van der Waals surface area contributed by atoms with Crippen LogP contribution in [0.25, 0.3) is 0 Å². The summed E-state index contributed by atoms with van der Waals surface area (Å²) in [6, 6.07) is 14.9. The van der Waals surface area contributed by atoms with Crippen LogP contribution in [0.15, 0.2) is 59.0 Å². The number of nitrogens with zero attached hydrogens (tertiary/aromatic N) is 1. The minimum absolute atomic E-state index is 0.0116. The minimum atomic E-state index is -2.80. The second-order valence-electron chi connectivity index (χ2n) is 7.33. The number of carbonyl (C=O) groups is 1. The van der Waals surface area contributed by atoms with E-state index in [0.29, 0.717) is 24.2 Å². The summed E-state index contributed by atoms with van der Waals surface area (Å²) in [6.07, 6.45) is 1.72. The van der Waals surface area contributed by atoms with Gasteiger partial charge < -0.3 is 5.32 Å². The highest BCUT2D eigenvalue weighted by Crippen LogP contribution is 2.26. The minimum Gasteiger partial charge on any atom is -0.352 e. The number of carbonyl (C=O) groups excluding carboxylic acids is 1. The van der Waals surface area contributed by atoms with Crippen molar-refractivity contribution < 1.29 is 13.4 Å². The van der Waals surface area contributed by atoms with Gasteiger partial charge in [-0.2, -0.15) is 0 Å². The number of hydrogen-bond donors (Lipinski definition) is 3. The average molecular weight is 449 g/mol. The fourth-order valence-electron chi connectivity index (χ4n) is 3.35. The van der Waals surface area contributed by atoms with Crippen LogP contribution < -0.4 is 15.4 Å². The Morgan fingerprint density at radius 3 is 2.63 bits per heavy atom. The van der Waals surface area contributed by atoms with Gasteiger partial charge in [0.25, 0.3) is 5.91 Å². The lowest BCUT2D eigenvalue weighted by Gasteiger charge is -2.33. The van der Waals surface area contributed by atoms with Gasteiger partial charge in [0.1, 0.15) is 15.7 Å². The molecule has 9 heteroatoms. The van der Waals surface area contributed by atoms with Gasteiger partial charge in [0.15, 0.2) is 5.11 Å². The molecule has 3 rings (SSSR count). The van der Waals surface area contributed by atoms with E-state index < -0.39 is 21.3 Å². The van der Waals surface area contributed by atoms with Crippen molar-refractivity contribution in [1.82, 2.24) is 15.4 Å². The highest BCUT2D eigenvalue weighted by molar-refractivity contribution is 7.91. The Kier molecular flexibility index (Phi) is 7.17. The molecule has 2 aromatic rings. The van der Waals surface area contributed by atoms with E-state index in [2.05, 4.69) is 19.7 Å². The molecule has 1 aliphatic heterocycles. The zero-order valence-electron chi connectivity index (χ0n) is 16.7. The lowest BCUT2D eigenvalue weighted by atomic mass is 9.93. The summed E-state index contributed by atoms with van der Waals surface area (Å²) in [7, 11) is -2.80. The van der Waals surface area contributed by atoms with Crippen molar-refractivity contribution in [3.05, 3.63) is 71.5 Å². The van der Waals surface area contributed by atoms with Crippen molar-refractivity contribution >= 4 is 33.2 Å². The first-order valence-electron chi connectivity index (χ1n) is 9.70. The number of nitrogens with one attached hydrogen (secondary N) is 3. The Morgan fingerprint density at radius 2 is 1.90 bits per heavy atom. The van der Waals surface area contributed by atoms with Gasteiger partial charge in [-0.05, 0) is 50.2 Å². The molecule has 0 aromatic heterocycles. The van der Waals surface area contributed by atoms with Crippen LogP contribution in [-0.4, -0.2) is 34.1 Å². The van der Waals surface area contributed by atoms with Gasteiger partial charge in [-0.25, -0.2) is 17.7 Å². The summed E-state index contributed by atoms with van der Waals surface area (Å²) in [4.78, 5) is 12.4. The number of hydrogen-bond acceptors (Lipinski definition) is 4. The van der Waals surface area contributed by atoms with E-state index in [9.17, 15) is 13.4 Å². The molecular formula is C21H25FN4O2S2. The molecule has 1 amide bonds. The second-order valence-corrected chi connectivity index (χ2v) is 9.85. The molecule has 2 aromatic carbocycles. The lowest BCUT2D eigenvalue weighted by Crippen LogP contribution is -2.54. The molecule has 3 N–H and O–H groups in total. The molecule has 2 atom stereocenters. The van der Waals surface area contributed by atoms with Crippen LogP contribution in [0, 0.1) is 5.82 Å². The topological polar surface area (TPSA) is 82.6 Å². The van der Waals surface area contributed by atoms with E-state index in [0.717, 1.165) is 12.8 Å². The molecule has 0 saturated carbocycles. The van der Waals surface area contributed by atoms with Crippen LogP contribution >= 0.6 is 12.2 Å². The van der Waals surface area contributed by atoms with E-state index in [4.69, 9.17) is 12.2 Å². The third-order valence-corrected chi connectivity index (χ3v) is 7.25. The number of amides is 1. The third kappa shape index (κ3) is 5.62. The summed E-state index contributed by atoms with van der Waals surface area (Å²) < 4.78 is 35.4. The maximum atomic E-state index is 14.7. The molecular weight excluding hydrogens is 423 g/mol. The highest BCUT2D eigenvalue weighted by atomic mass is 32.2. The summed E-state index contributed by atoms with van der Waals surface area (Å²) in [5, 5.41) is 5.66. The smallest absolute Gasteiger partial charge is 0.257 e. The zero-order valence-corrected chi connectivity index (χ0v) is 18.3. The van der Waals surface area contributed by atoms with Gasteiger partial charge >= 0.3 is 0 Å². The molecule has 0 fully saturated rings. The van der Waals surface area contributed by atoms with Gasteiger partial charge in [0.2, 0.25) is 0 Å². The lowest BCUT2D eigenvalue weighted by molar-refractivity contribution is 0.0976. The second kappa shape index (κ2) is 9.63. The van der Waals surface area contributed by atoms with Crippen LogP contribution in [0.4, 0.5) is 4.39 Å². The predicted molar refractivity (Wildman–Crippen MR) is 121 cm³/mol. The summed E-state index contributed by atoms with van der Waals surface area (Å²) >= 11 is 5.34. The summed E-state index contributed by atoms with van der Waals surface area (Å²) in [5.74, 6) is -0.853. The molecule has 30 heavy (non-hydrogen) atoms. The first-order chi connectivity index (χ1) is 14.3. The molecule has 0 radical (unpaired) electrons. The number of benzene rings is 2. The van der Waals surface area contributed by atoms with Crippen LogP contribution in [0.5, 0.6) is 0 Å². The maximum Gasteiger partial charge on any atom is 0.257 e. The first-order valence-corrected chi connectivity index (χ1v) is 11.8. The first kappa shape index (κ1) is 22.3. The van der Waals surface area contributed by atoms with Crippen molar-refractivity contribution in [2.75, 3.05) is 18.8 Å². The van der Waals surface area contributed by atoms with E-state index in [1.165, 1.54) is 6.07 Å². The standard InChI is InChI=1S/C21H25FN4O2S2/c1-21(17-11-5-6-12-18(17)22,15-30(28)23-13-7-8-14-24-30)26-20(29)25-19(27)16-9-3-2-4-10-16/h2-6,9-12H,7-8,13-15H2,1H3,(H,23,24,28)(H2,25,26,27,29). The third-order valence-electron chi connectivity index (χ3n) is 4.82. The Morgan fingerprint density at radius 1 is 1.20 bits per heavy atom. The fourth-order valence-corrected chi connectivity index (χ4v) is 5.85. The van der Waals surface area contributed by atoms with Crippen molar-refractivity contribution in [3.63, 3.8) is 0 Å². The monoisotopic (exact) mass is 448 g/mol. The molecule has 0 spiro atoms. The van der Waals surface area contributed by atoms with Gasteiger partial charge in [-0.1, -0.05) is 36.4 Å². The summed E-state index contributed by atoms with van der Waals surface area (Å²) in [5.41, 5.74) is -0.421. The quantitative estimate of drug-likeness (QED) is 0.614. The fraction of sp³-hybridized carbons (Fsp3) is 0.333. The number of thiocarbonyl (C=S) groups is 1. The van der Waals surface area contributed by atoms with E-state index in [1.807, 2.05) is 6.07 Å². The average Bonchev–Trinajstić information content (AvgIpc) is 2.92. The van der Waals surface area contributed by atoms with Crippen LogP contribution in [-0.2, 0) is 15.5 Å². The van der Waals surface area contributed by atoms with Gasteiger partial charge in [0.05, 0.1) is 11.3 Å². The number of halogens is 1. The zero-order chi connectivity index (χ0) is 21.6. The molecule has 0 aliphatic carbocycles. The molecule has 0 saturated heterocycles. The van der Waals surface area contributed by atoms with E-state index >= 15 is 0 Å². The Balaban J connectivity index is 1.87. The molecule has 1 aliphatic rings. The molecule has 2 unspecified atom stereocenters. The van der Waals surface area contributed by atoms with Crippen LogP contribution in [0.2, 0.25) is 0 Å². The Labute approximate surface area is 182 Å². The van der Waals surface area contributed by atoms with Gasteiger partial charge in [-0.3, -0.25) is 10.1 Å². The van der Waals surface area contributed by atoms with Crippen LogP contribution in [0.1, 0.15) is 35.7 Å². The van der Waals surface area contributed by atoms with Crippen molar-refractivity contribution in [2.45, 2.75) is 25.3 Å². The van der Waals surface area contributed by atoms with Crippen LogP contribution in [0.3, 0.4) is 0 Å². The van der Waals surface area contributed by atoms with E-state index in [-0.39, 0.29) is 16.8 Å². The predicted octanol–water partition coefficient (Wildman–Crippen LogP) is 3.11. The van der Waals surface area contributed by atoms with Crippen molar-refractivity contribution in [2.24, 2.45) is 4.36 Å². The Bertz CT molecular complexity index is 1040. The van der Waals surface area contributed by atoms with E-state index in [1.54, 1.807) is 49.4 Å². The van der Waals surface area contributed by atoms with Gasteiger partial charge in [0, 0.05) is 24.2 Å². The normalized spacial score (nSPS) is 20.9. The van der Waals surface area contributed by atoms with Gasteiger partial charge in [-0.15, -0.1) is 0 Å². The van der Waals surface area contributed by atoms with Crippen molar-refractivity contribution in [1.29, 1.82) is 0 Å².